The van der Waals surface area contributed by atoms with E-state index in [0.29, 0.717) is 30.5 Å². The largest absolute Gasteiger partial charge is 0.460 e. The first kappa shape index (κ1) is 17.2. The second kappa shape index (κ2) is 6.90. The summed E-state index contributed by atoms with van der Waals surface area (Å²) in [4.78, 5) is 14.7. The summed E-state index contributed by atoms with van der Waals surface area (Å²) in [5, 5.41) is 19.2. The number of rotatable bonds is 3. The van der Waals surface area contributed by atoms with E-state index in [1.54, 1.807) is 6.07 Å². The van der Waals surface area contributed by atoms with E-state index in [2.05, 4.69) is 30.3 Å². The molecule has 0 radical (unpaired) electrons. The molecule has 0 atom stereocenters. The molecule has 2 aliphatic heterocycles. The molecule has 9 nitrogen and oxygen atoms in total. The quantitative estimate of drug-likeness (QED) is 0.715. The molecule has 146 valence electrons. The van der Waals surface area contributed by atoms with Gasteiger partial charge < -0.3 is 19.2 Å². The van der Waals surface area contributed by atoms with Crippen LogP contribution in [0.3, 0.4) is 0 Å². The van der Waals surface area contributed by atoms with Crippen molar-refractivity contribution >= 4 is 5.91 Å². The second-order valence-corrected chi connectivity index (χ2v) is 7.45. The van der Waals surface area contributed by atoms with Gasteiger partial charge in [-0.15, -0.1) is 10.2 Å². The highest BCUT2D eigenvalue weighted by molar-refractivity contribution is 5.93. The van der Waals surface area contributed by atoms with Gasteiger partial charge in [0.15, 0.2) is 11.5 Å². The number of piperidine rings is 1. The predicted octanol–water partition coefficient (Wildman–Crippen LogP) is 1.69. The molecule has 5 rings (SSSR count). The summed E-state index contributed by atoms with van der Waals surface area (Å²) in [7, 11) is 0. The van der Waals surface area contributed by atoms with Crippen molar-refractivity contribution in [1.82, 2.24) is 35.2 Å². The Labute approximate surface area is 162 Å². The summed E-state index contributed by atoms with van der Waals surface area (Å²) >= 11 is 0. The molecule has 3 aromatic heterocycles. The Hall–Kier alpha value is -2.94. The van der Waals surface area contributed by atoms with Crippen molar-refractivity contribution in [3.8, 4) is 11.5 Å². The van der Waals surface area contributed by atoms with Crippen LogP contribution >= 0.6 is 0 Å². The van der Waals surface area contributed by atoms with Crippen LogP contribution < -0.4 is 5.32 Å². The number of nitrogens with one attached hydrogen (secondary N) is 2. The third-order valence-corrected chi connectivity index (χ3v) is 5.60. The van der Waals surface area contributed by atoms with E-state index in [1.807, 2.05) is 24.0 Å². The van der Waals surface area contributed by atoms with E-state index in [9.17, 15) is 4.79 Å². The van der Waals surface area contributed by atoms with Gasteiger partial charge in [-0.1, -0.05) is 0 Å². The SMILES string of the molecule is Cc1ccc(-c2cc(C(=O)N3CCC(c4nnc5n4CCNC5)CC3)n[nH]2)o1. The fraction of sp³-hybridized carbons (Fsp3) is 0.474. The van der Waals surface area contributed by atoms with E-state index in [1.165, 1.54) is 0 Å². The molecule has 28 heavy (non-hydrogen) atoms. The van der Waals surface area contributed by atoms with Crippen LogP contribution in [0, 0.1) is 6.92 Å². The van der Waals surface area contributed by atoms with Crippen LogP contribution in [0.15, 0.2) is 22.6 Å². The fourth-order valence-electron chi connectivity index (χ4n) is 4.06. The predicted molar refractivity (Wildman–Crippen MR) is 101 cm³/mol. The maximum atomic E-state index is 12.8. The lowest BCUT2D eigenvalue weighted by Gasteiger charge is -2.31. The third kappa shape index (κ3) is 3.01. The number of nitrogens with zero attached hydrogens (tertiary/aromatic N) is 5. The Morgan fingerprint density at radius 1 is 1.21 bits per heavy atom. The van der Waals surface area contributed by atoms with Crippen LogP contribution in [0.5, 0.6) is 0 Å². The molecule has 9 heteroatoms. The molecule has 0 aromatic carbocycles. The minimum absolute atomic E-state index is 0.0447. The van der Waals surface area contributed by atoms with E-state index in [0.717, 1.165) is 55.6 Å². The number of carbonyl (C=O) groups is 1. The lowest BCUT2D eigenvalue weighted by molar-refractivity contribution is 0.0704. The number of likely N-dealkylation sites (tertiary alicyclic amines) is 1. The number of furan rings is 1. The second-order valence-electron chi connectivity index (χ2n) is 7.45. The highest BCUT2D eigenvalue weighted by atomic mass is 16.3. The molecular weight excluding hydrogens is 358 g/mol. The summed E-state index contributed by atoms with van der Waals surface area (Å²) < 4.78 is 7.83. The van der Waals surface area contributed by atoms with Crippen LogP contribution in [-0.4, -0.2) is 55.4 Å². The van der Waals surface area contributed by atoms with Crippen LogP contribution in [0.2, 0.25) is 0 Å². The normalized spacial score (nSPS) is 17.7. The van der Waals surface area contributed by atoms with Gasteiger partial charge in [0.2, 0.25) is 0 Å². The monoisotopic (exact) mass is 381 g/mol. The molecule has 1 amide bonds. The zero-order valence-corrected chi connectivity index (χ0v) is 15.8. The minimum Gasteiger partial charge on any atom is -0.460 e. The number of aromatic nitrogens is 5. The summed E-state index contributed by atoms with van der Waals surface area (Å²) in [6.07, 6.45) is 1.79. The fourth-order valence-corrected chi connectivity index (χ4v) is 4.06. The Morgan fingerprint density at radius 3 is 2.86 bits per heavy atom. The van der Waals surface area contributed by atoms with E-state index in [4.69, 9.17) is 4.42 Å². The van der Waals surface area contributed by atoms with Gasteiger partial charge in [0.1, 0.15) is 23.1 Å². The molecule has 1 fully saturated rings. The van der Waals surface area contributed by atoms with Crippen LogP contribution in [0.4, 0.5) is 0 Å². The molecule has 1 saturated heterocycles. The van der Waals surface area contributed by atoms with Crippen molar-refractivity contribution in [3.05, 3.63) is 41.3 Å². The molecule has 2 aliphatic rings. The van der Waals surface area contributed by atoms with Crippen molar-refractivity contribution in [2.24, 2.45) is 0 Å². The first-order valence-electron chi connectivity index (χ1n) is 9.73. The number of hydrogen-bond donors (Lipinski definition) is 2. The number of aryl methyl sites for hydroxylation is 1. The average Bonchev–Trinajstić information content (AvgIpc) is 3.46. The van der Waals surface area contributed by atoms with Gasteiger partial charge in [-0.2, -0.15) is 5.10 Å². The lowest BCUT2D eigenvalue weighted by atomic mass is 9.95. The minimum atomic E-state index is -0.0447. The molecule has 2 N–H and O–H groups in total. The highest BCUT2D eigenvalue weighted by Crippen LogP contribution is 2.29. The number of hydrogen-bond acceptors (Lipinski definition) is 6. The molecule has 0 bridgehead atoms. The van der Waals surface area contributed by atoms with E-state index < -0.39 is 0 Å². The average molecular weight is 381 g/mol. The molecule has 0 spiro atoms. The molecule has 0 saturated carbocycles. The van der Waals surface area contributed by atoms with Crippen molar-refractivity contribution in [2.45, 2.75) is 38.8 Å². The standard InChI is InChI=1S/C19H23N7O2/c1-12-2-3-16(28-12)14-10-15(22-21-14)19(27)25-7-4-13(5-8-25)18-24-23-17-11-20-6-9-26(17)18/h2-3,10,13,20H,4-9,11H2,1H3,(H,21,22). The zero-order chi connectivity index (χ0) is 19.1. The van der Waals surface area contributed by atoms with Crippen molar-refractivity contribution < 1.29 is 9.21 Å². The Bertz CT molecular complexity index is 994. The Morgan fingerprint density at radius 2 is 2.07 bits per heavy atom. The molecule has 0 aliphatic carbocycles. The Balaban J connectivity index is 1.25. The van der Waals surface area contributed by atoms with Crippen molar-refractivity contribution in [1.29, 1.82) is 0 Å². The van der Waals surface area contributed by atoms with Gasteiger partial charge in [-0.3, -0.25) is 9.89 Å². The third-order valence-electron chi connectivity index (χ3n) is 5.60. The molecular formula is C19H23N7O2. The Kier molecular flexibility index (Phi) is 4.23. The molecule has 0 unspecified atom stereocenters. The van der Waals surface area contributed by atoms with Gasteiger partial charge in [-0.05, 0) is 31.9 Å². The number of carbonyl (C=O) groups excluding carboxylic acids is 1. The smallest absolute Gasteiger partial charge is 0.274 e. The summed E-state index contributed by atoms with van der Waals surface area (Å²) in [6.45, 7) is 5.93. The van der Waals surface area contributed by atoms with Crippen molar-refractivity contribution in [2.75, 3.05) is 19.6 Å². The van der Waals surface area contributed by atoms with Gasteiger partial charge in [0, 0.05) is 38.2 Å². The highest BCUT2D eigenvalue weighted by Gasteiger charge is 2.30. The van der Waals surface area contributed by atoms with Gasteiger partial charge in [0.05, 0.1) is 6.54 Å². The maximum Gasteiger partial charge on any atom is 0.274 e. The van der Waals surface area contributed by atoms with Crippen LogP contribution in [0.25, 0.3) is 11.5 Å². The summed E-state index contributed by atoms with van der Waals surface area (Å²) in [5.41, 5.74) is 1.14. The number of H-pyrrole nitrogens is 1. The summed E-state index contributed by atoms with van der Waals surface area (Å²) in [6, 6.07) is 5.52. The topological polar surface area (TPSA) is 105 Å². The lowest BCUT2D eigenvalue weighted by Crippen LogP contribution is -2.39. The number of aromatic amines is 1. The zero-order valence-electron chi connectivity index (χ0n) is 15.8. The molecule has 5 heterocycles. The number of fused-ring (bicyclic) bond motifs is 1. The summed E-state index contributed by atoms with van der Waals surface area (Å²) in [5.74, 6) is 3.90. The van der Waals surface area contributed by atoms with Crippen LogP contribution in [-0.2, 0) is 13.1 Å². The maximum absolute atomic E-state index is 12.8. The van der Waals surface area contributed by atoms with E-state index >= 15 is 0 Å². The van der Waals surface area contributed by atoms with Gasteiger partial charge in [0.25, 0.3) is 5.91 Å². The van der Waals surface area contributed by atoms with E-state index in [-0.39, 0.29) is 5.91 Å². The first-order chi connectivity index (χ1) is 13.7. The molecule has 3 aromatic rings. The number of amides is 1. The first-order valence-corrected chi connectivity index (χ1v) is 9.73. The van der Waals surface area contributed by atoms with Crippen molar-refractivity contribution in [3.63, 3.8) is 0 Å². The van der Waals surface area contributed by atoms with Gasteiger partial charge >= 0.3 is 0 Å². The van der Waals surface area contributed by atoms with Crippen LogP contribution in [0.1, 0.15) is 46.7 Å². The van der Waals surface area contributed by atoms with Gasteiger partial charge in [-0.25, -0.2) is 0 Å².